The molecule has 3 N–H and O–H groups in total. The molecule has 0 saturated heterocycles. The largest absolute Gasteiger partial charge is 0.396 e. The number of benzene rings is 1. The van der Waals surface area contributed by atoms with Crippen molar-refractivity contribution in [1.29, 1.82) is 0 Å². The topological polar surface area (TPSA) is 61.7 Å². The van der Waals surface area contributed by atoms with Crippen LogP contribution in [0.4, 0.5) is 0 Å². The van der Waals surface area contributed by atoms with Gasteiger partial charge in [0.2, 0.25) is 0 Å². The van der Waals surface area contributed by atoms with Crippen molar-refractivity contribution in [1.82, 2.24) is 5.32 Å². The summed E-state index contributed by atoms with van der Waals surface area (Å²) in [4.78, 5) is 0. The van der Waals surface area contributed by atoms with Crippen molar-refractivity contribution in [2.75, 3.05) is 26.3 Å². The Balaban J connectivity index is 2.21. The molecule has 0 amide bonds. The van der Waals surface area contributed by atoms with E-state index in [0.29, 0.717) is 19.7 Å². The summed E-state index contributed by atoms with van der Waals surface area (Å²) in [6, 6.07) is 9.95. The number of ether oxygens (including phenoxy) is 1. The first-order valence-corrected chi connectivity index (χ1v) is 7.11. The second kappa shape index (κ2) is 8.37. The SMILES string of the molecule is CC(OCC(O)CNCC(C)(C)CO)c1ccccc1. The van der Waals surface area contributed by atoms with Crippen LogP contribution < -0.4 is 5.32 Å². The third kappa shape index (κ3) is 6.48. The van der Waals surface area contributed by atoms with E-state index in [1.807, 2.05) is 51.1 Å². The molecule has 0 spiro atoms. The molecular weight excluding hydrogens is 254 g/mol. The molecule has 4 nitrogen and oxygen atoms in total. The Kier molecular flexibility index (Phi) is 7.16. The van der Waals surface area contributed by atoms with Crippen molar-refractivity contribution < 1.29 is 14.9 Å². The summed E-state index contributed by atoms with van der Waals surface area (Å²) in [6.07, 6.45) is -0.574. The highest BCUT2D eigenvalue weighted by Gasteiger charge is 2.16. The van der Waals surface area contributed by atoms with E-state index in [-0.39, 0.29) is 18.1 Å². The van der Waals surface area contributed by atoms with Crippen LogP contribution >= 0.6 is 0 Å². The maximum atomic E-state index is 9.86. The summed E-state index contributed by atoms with van der Waals surface area (Å²) in [5.74, 6) is 0. The average molecular weight is 281 g/mol. The van der Waals surface area contributed by atoms with Crippen LogP contribution in [0.1, 0.15) is 32.4 Å². The molecule has 20 heavy (non-hydrogen) atoms. The van der Waals surface area contributed by atoms with E-state index in [2.05, 4.69) is 5.32 Å². The smallest absolute Gasteiger partial charge is 0.0897 e. The van der Waals surface area contributed by atoms with Gasteiger partial charge in [0.25, 0.3) is 0 Å². The number of hydrogen-bond acceptors (Lipinski definition) is 4. The fourth-order valence-corrected chi connectivity index (χ4v) is 1.77. The lowest BCUT2D eigenvalue weighted by molar-refractivity contribution is -0.00307. The first-order chi connectivity index (χ1) is 9.44. The zero-order valence-electron chi connectivity index (χ0n) is 12.7. The van der Waals surface area contributed by atoms with Crippen LogP contribution in [0.25, 0.3) is 0 Å². The molecule has 0 aromatic heterocycles. The quantitative estimate of drug-likeness (QED) is 0.645. The minimum absolute atomic E-state index is 0.0280. The van der Waals surface area contributed by atoms with Crippen LogP contribution in [-0.2, 0) is 4.74 Å². The molecule has 4 heteroatoms. The predicted molar refractivity (Wildman–Crippen MR) is 80.6 cm³/mol. The molecule has 0 radical (unpaired) electrons. The number of nitrogens with one attached hydrogen (secondary N) is 1. The van der Waals surface area contributed by atoms with Crippen LogP contribution in [0.5, 0.6) is 0 Å². The zero-order valence-corrected chi connectivity index (χ0v) is 12.7. The maximum Gasteiger partial charge on any atom is 0.0897 e. The Morgan fingerprint density at radius 3 is 2.50 bits per heavy atom. The standard InChI is InChI=1S/C16H27NO3/c1-13(14-7-5-4-6-8-14)20-10-15(19)9-17-11-16(2,3)12-18/h4-8,13,15,17-19H,9-12H2,1-3H3. The molecular formula is C16H27NO3. The number of hydrogen-bond donors (Lipinski definition) is 3. The van der Waals surface area contributed by atoms with Gasteiger partial charge in [-0.25, -0.2) is 0 Å². The lowest BCUT2D eigenvalue weighted by Gasteiger charge is -2.23. The molecule has 1 rings (SSSR count). The van der Waals surface area contributed by atoms with E-state index in [4.69, 9.17) is 9.84 Å². The Bertz CT molecular complexity index is 367. The molecule has 0 aliphatic carbocycles. The highest BCUT2D eigenvalue weighted by atomic mass is 16.5. The van der Waals surface area contributed by atoms with Gasteiger partial charge in [0, 0.05) is 25.1 Å². The van der Waals surface area contributed by atoms with Gasteiger partial charge in [0.05, 0.1) is 18.8 Å². The van der Waals surface area contributed by atoms with Crippen LogP contribution in [0.2, 0.25) is 0 Å². The fourth-order valence-electron chi connectivity index (χ4n) is 1.77. The first-order valence-electron chi connectivity index (χ1n) is 7.11. The van der Waals surface area contributed by atoms with Crippen LogP contribution in [-0.4, -0.2) is 42.6 Å². The van der Waals surface area contributed by atoms with Crippen LogP contribution in [0.3, 0.4) is 0 Å². The first kappa shape index (κ1) is 17.1. The third-order valence-electron chi connectivity index (χ3n) is 3.22. The normalized spacial score (nSPS) is 15.1. The molecule has 2 atom stereocenters. The van der Waals surface area contributed by atoms with E-state index < -0.39 is 6.10 Å². The zero-order chi connectivity index (χ0) is 15.0. The second-order valence-electron chi connectivity index (χ2n) is 5.99. The summed E-state index contributed by atoms with van der Waals surface area (Å²) in [5, 5.41) is 22.1. The van der Waals surface area contributed by atoms with E-state index in [1.165, 1.54) is 0 Å². The van der Waals surface area contributed by atoms with Gasteiger partial charge in [-0.05, 0) is 12.5 Å². The minimum atomic E-state index is -0.546. The Hall–Kier alpha value is -0.940. The van der Waals surface area contributed by atoms with E-state index in [9.17, 15) is 5.11 Å². The molecule has 0 heterocycles. The number of aliphatic hydroxyl groups excluding tert-OH is 2. The number of aliphatic hydroxyl groups is 2. The monoisotopic (exact) mass is 281 g/mol. The highest BCUT2D eigenvalue weighted by molar-refractivity contribution is 5.16. The van der Waals surface area contributed by atoms with Gasteiger partial charge >= 0.3 is 0 Å². The second-order valence-corrected chi connectivity index (χ2v) is 5.99. The summed E-state index contributed by atoms with van der Waals surface area (Å²) in [7, 11) is 0. The maximum absolute atomic E-state index is 9.86. The lowest BCUT2D eigenvalue weighted by Crippen LogP contribution is -2.38. The van der Waals surface area contributed by atoms with Gasteiger partial charge in [0.15, 0.2) is 0 Å². The van der Waals surface area contributed by atoms with Gasteiger partial charge in [0.1, 0.15) is 0 Å². The van der Waals surface area contributed by atoms with Crippen molar-refractivity contribution in [3.8, 4) is 0 Å². The molecule has 1 aromatic rings. The van der Waals surface area contributed by atoms with E-state index in [1.54, 1.807) is 0 Å². The van der Waals surface area contributed by atoms with E-state index >= 15 is 0 Å². The van der Waals surface area contributed by atoms with Gasteiger partial charge in [-0.1, -0.05) is 44.2 Å². The van der Waals surface area contributed by atoms with Crippen molar-refractivity contribution in [2.24, 2.45) is 5.41 Å². The highest BCUT2D eigenvalue weighted by Crippen LogP contribution is 2.16. The van der Waals surface area contributed by atoms with Gasteiger partial charge in [-0.3, -0.25) is 0 Å². The molecule has 1 aromatic carbocycles. The number of rotatable bonds is 9. The summed E-state index contributed by atoms with van der Waals surface area (Å²) >= 11 is 0. The molecule has 2 unspecified atom stereocenters. The van der Waals surface area contributed by atoms with Crippen molar-refractivity contribution in [3.05, 3.63) is 35.9 Å². The average Bonchev–Trinajstić information content (AvgIpc) is 2.45. The van der Waals surface area contributed by atoms with Crippen molar-refractivity contribution >= 4 is 0 Å². The minimum Gasteiger partial charge on any atom is -0.396 e. The lowest BCUT2D eigenvalue weighted by atomic mass is 9.95. The fraction of sp³-hybridized carbons (Fsp3) is 0.625. The van der Waals surface area contributed by atoms with Crippen molar-refractivity contribution in [2.45, 2.75) is 33.0 Å². The Labute approximate surface area is 121 Å². The Morgan fingerprint density at radius 2 is 1.90 bits per heavy atom. The molecule has 0 aliphatic rings. The summed E-state index contributed by atoms with van der Waals surface area (Å²) in [6.45, 7) is 7.46. The third-order valence-corrected chi connectivity index (χ3v) is 3.22. The summed E-state index contributed by atoms with van der Waals surface area (Å²) < 4.78 is 5.66. The van der Waals surface area contributed by atoms with Gasteiger partial charge in [-0.2, -0.15) is 0 Å². The van der Waals surface area contributed by atoms with Crippen molar-refractivity contribution in [3.63, 3.8) is 0 Å². The molecule has 0 saturated carbocycles. The molecule has 0 aliphatic heterocycles. The van der Waals surface area contributed by atoms with Crippen LogP contribution in [0, 0.1) is 5.41 Å². The molecule has 0 bridgehead atoms. The van der Waals surface area contributed by atoms with Gasteiger partial charge < -0.3 is 20.3 Å². The van der Waals surface area contributed by atoms with Crippen LogP contribution in [0.15, 0.2) is 30.3 Å². The Morgan fingerprint density at radius 1 is 1.25 bits per heavy atom. The summed E-state index contributed by atoms with van der Waals surface area (Å²) in [5.41, 5.74) is 0.937. The molecule has 114 valence electrons. The molecule has 0 fully saturated rings. The van der Waals surface area contributed by atoms with E-state index in [0.717, 1.165) is 5.56 Å². The predicted octanol–water partition coefficient (Wildman–Crippen LogP) is 1.73. The van der Waals surface area contributed by atoms with Gasteiger partial charge in [-0.15, -0.1) is 0 Å².